The van der Waals surface area contributed by atoms with Crippen molar-refractivity contribution in [3.05, 3.63) is 107 Å². The van der Waals surface area contributed by atoms with Crippen LogP contribution in [0.2, 0.25) is 5.02 Å². The highest BCUT2D eigenvalue weighted by Crippen LogP contribution is 2.29. The molecule has 0 bridgehead atoms. The van der Waals surface area contributed by atoms with E-state index in [0.717, 1.165) is 23.3 Å². The summed E-state index contributed by atoms with van der Waals surface area (Å²) in [7, 11) is 0. The van der Waals surface area contributed by atoms with E-state index in [1.807, 2.05) is 42.6 Å². The largest absolute Gasteiger partial charge is 0.381 e. The molecule has 0 radical (unpaired) electrons. The molecule has 158 valence electrons. The van der Waals surface area contributed by atoms with Crippen LogP contribution in [0.5, 0.6) is 0 Å². The highest BCUT2D eigenvalue weighted by molar-refractivity contribution is 6.30. The molecule has 0 fully saturated rings. The molecule has 0 aliphatic heterocycles. The van der Waals surface area contributed by atoms with Crippen LogP contribution in [0.3, 0.4) is 0 Å². The fourth-order valence-corrected chi connectivity index (χ4v) is 3.63. The summed E-state index contributed by atoms with van der Waals surface area (Å²) in [5.41, 5.74) is 0.145. The van der Waals surface area contributed by atoms with Gasteiger partial charge in [0, 0.05) is 29.0 Å². The van der Waals surface area contributed by atoms with Crippen LogP contribution in [-0.2, 0) is 18.7 Å². The van der Waals surface area contributed by atoms with Gasteiger partial charge in [0.2, 0.25) is 0 Å². The van der Waals surface area contributed by atoms with Crippen LogP contribution in [0.1, 0.15) is 16.7 Å². The molecule has 2 aromatic heterocycles. The van der Waals surface area contributed by atoms with Crippen molar-refractivity contribution in [3.63, 3.8) is 0 Å². The predicted octanol–water partition coefficient (Wildman–Crippen LogP) is 4.77. The second-order valence-corrected chi connectivity index (χ2v) is 7.69. The van der Waals surface area contributed by atoms with Gasteiger partial charge in [-0.25, -0.2) is 18.4 Å². The first kappa shape index (κ1) is 21.0. The highest BCUT2D eigenvalue weighted by atomic mass is 35.5. The number of halogens is 3. The van der Waals surface area contributed by atoms with Crippen LogP contribution in [0.4, 0.5) is 8.78 Å². The van der Waals surface area contributed by atoms with Crippen molar-refractivity contribution >= 4 is 23.8 Å². The Balaban J connectivity index is 1.60. The first-order chi connectivity index (χ1) is 14.9. The van der Waals surface area contributed by atoms with Crippen molar-refractivity contribution in [1.82, 2.24) is 19.3 Å². The van der Waals surface area contributed by atoms with E-state index >= 15 is 0 Å². The van der Waals surface area contributed by atoms with E-state index in [1.165, 1.54) is 23.4 Å². The summed E-state index contributed by atoms with van der Waals surface area (Å²) in [5, 5.41) is 16.1. The Kier molecular flexibility index (Phi) is 5.97. The first-order valence-electron chi connectivity index (χ1n) is 9.51. The van der Waals surface area contributed by atoms with Gasteiger partial charge >= 0.3 is 0 Å². The summed E-state index contributed by atoms with van der Waals surface area (Å²) in [6.07, 6.45) is 10.2. The minimum atomic E-state index is -1.68. The van der Waals surface area contributed by atoms with Gasteiger partial charge in [-0.05, 0) is 35.4 Å². The number of benzene rings is 2. The van der Waals surface area contributed by atoms with Crippen LogP contribution in [0.25, 0.3) is 12.2 Å². The number of hydrogen-bond acceptors (Lipinski definition) is 3. The molecule has 4 rings (SSSR count). The highest BCUT2D eigenvalue weighted by Gasteiger charge is 2.34. The number of aliphatic hydroxyl groups is 1. The van der Waals surface area contributed by atoms with Gasteiger partial charge in [0.05, 0.1) is 13.1 Å². The molecule has 0 saturated heterocycles. The van der Waals surface area contributed by atoms with E-state index in [-0.39, 0.29) is 18.7 Å². The summed E-state index contributed by atoms with van der Waals surface area (Å²) in [6, 6.07) is 12.5. The van der Waals surface area contributed by atoms with Crippen molar-refractivity contribution in [1.29, 1.82) is 0 Å². The average molecular weight is 441 g/mol. The van der Waals surface area contributed by atoms with Crippen molar-refractivity contribution in [2.75, 3.05) is 0 Å². The van der Waals surface area contributed by atoms with Gasteiger partial charge in [-0.2, -0.15) is 5.10 Å². The summed E-state index contributed by atoms with van der Waals surface area (Å²) >= 11 is 6.01. The molecule has 1 atom stereocenters. The van der Waals surface area contributed by atoms with Gasteiger partial charge in [0.15, 0.2) is 0 Å². The van der Waals surface area contributed by atoms with Crippen molar-refractivity contribution in [2.24, 2.45) is 0 Å². The van der Waals surface area contributed by atoms with Crippen LogP contribution >= 0.6 is 11.6 Å². The van der Waals surface area contributed by atoms with Crippen LogP contribution < -0.4 is 0 Å². The zero-order valence-corrected chi connectivity index (χ0v) is 17.1. The lowest BCUT2D eigenvalue weighted by atomic mass is 9.92. The Morgan fingerprint density at radius 2 is 1.87 bits per heavy atom. The fourth-order valence-electron chi connectivity index (χ4n) is 3.43. The standard InChI is InChI=1S/C23H19ClF2N4O/c24-19-3-1-2-17(10-19)4-5-18-8-9-29(12-18)13-23(31,14-30-16-27-15-28-30)21-7-6-20(25)11-22(21)26/h1-12,15-16,31H,13-14H2. The normalized spacial score (nSPS) is 13.5. The summed E-state index contributed by atoms with van der Waals surface area (Å²) in [4.78, 5) is 3.87. The lowest BCUT2D eigenvalue weighted by molar-refractivity contribution is -0.00534. The minimum Gasteiger partial charge on any atom is -0.381 e. The third-order valence-corrected chi connectivity index (χ3v) is 5.09. The fraction of sp³-hybridized carbons (Fsp3) is 0.130. The SMILES string of the molecule is OC(Cn1ccc(C=Cc2cccc(Cl)c2)c1)(Cn1cncn1)c1ccc(F)cc1F. The Hall–Kier alpha value is -3.29. The zero-order valence-electron chi connectivity index (χ0n) is 16.4. The van der Waals surface area contributed by atoms with E-state index in [2.05, 4.69) is 10.1 Å². The molecule has 4 aromatic rings. The molecule has 1 unspecified atom stereocenters. The van der Waals surface area contributed by atoms with Crippen LogP contribution in [-0.4, -0.2) is 24.4 Å². The topological polar surface area (TPSA) is 55.9 Å². The first-order valence-corrected chi connectivity index (χ1v) is 9.89. The molecule has 0 amide bonds. The number of nitrogens with zero attached hydrogens (tertiary/aromatic N) is 4. The maximum Gasteiger partial charge on any atom is 0.137 e. The third kappa shape index (κ3) is 5.07. The van der Waals surface area contributed by atoms with Crippen LogP contribution in [0, 0.1) is 11.6 Å². The van der Waals surface area contributed by atoms with E-state index in [0.29, 0.717) is 5.02 Å². The molecule has 1 N–H and O–H groups in total. The molecule has 31 heavy (non-hydrogen) atoms. The monoisotopic (exact) mass is 440 g/mol. The molecule has 5 nitrogen and oxygen atoms in total. The third-order valence-electron chi connectivity index (χ3n) is 4.86. The van der Waals surface area contributed by atoms with Gasteiger partial charge in [0.25, 0.3) is 0 Å². The van der Waals surface area contributed by atoms with E-state index in [1.54, 1.807) is 16.8 Å². The molecule has 2 aromatic carbocycles. The molecular formula is C23H19ClF2N4O. The predicted molar refractivity (Wildman–Crippen MR) is 115 cm³/mol. The molecule has 0 saturated carbocycles. The molecule has 8 heteroatoms. The molecule has 0 spiro atoms. The lowest BCUT2D eigenvalue weighted by Crippen LogP contribution is -2.37. The summed E-state index contributed by atoms with van der Waals surface area (Å²) < 4.78 is 31.1. The Morgan fingerprint density at radius 1 is 1.03 bits per heavy atom. The van der Waals surface area contributed by atoms with Crippen molar-refractivity contribution in [3.8, 4) is 0 Å². The van der Waals surface area contributed by atoms with E-state index < -0.39 is 17.2 Å². The van der Waals surface area contributed by atoms with Gasteiger partial charge in [0.1, 0.15) is 29.9 Å². The van der Waals surface area contributed by atoms with Crippen molar-refractivity contribution < 1.29 is 13.9 Å². The van der Waals surface area contributed by atoms with Gasteiger partial charge < -0.3 is 9.67 Å². The maximum absolute atomic E-state index is 14.5. The number of rotatable bonds is 7. The zero-order chi connectivity index (χ0) is 21.8. The second-order valence-electron chi connectivity index (χ2n) is 7.25. The Morgan fingerprint density at radius 3 is 2.61 bits per heavy atom. The second kappa shape index (κ2) is 8.83. The lowest BCUT2D eigenvalue weighted by Gasteiger charge is -2.29. The Bertz CT molecular complexity index is 1210. The number of hydrogen-bond donors (Lipinski definition) is 1. The number of aromatic nitrogens is 4. The molecule has 2 heterocycles. The molecule has 0 aliphatic rings. The average Bonchev–Trinajstić information content (AvgIpc) is 3.38. The molecule has 0 aliphatic carbocycles. The summed E-state index contributed by atoms with van der Waals surface area (Å²) in [5.74, 6) is -1.53. The van der Waals surface area contributed by atoms with E-state index in [9.17, 15) is 13.9 Å². The smallest absolute Gasteiger partial charge is 0.137 e. The van der Waals surface area contributed by atoms with Gasteiger partial charge in [-0.3, -0.25) is 0 Å². The van der Waals surface area contributed by atoms with Gasteiger partial charge in [-0.1, -0.05) is 42.0 Å². The van der Waals surface area contributed by atoms with Crippen LogP contribution in [0.15, 0.2) is 73.6 Å². The Labute approximate surface area is 182 Å². The summed E-state index contributed by atoms with van der Waals surface area (Å²) in [6.45, 7) is -0.0260. The van der Waals surface area contributed by atoms with Crippen molar-refractivity contribution in [2.45, 2.75) is 18.7 Å². The van der Waals surface area contributed by atoms with Gasteiger partial charge in [-0.15, -0.1) is 0 Å². The molecular weight excluding hydrogens is 422 g/mol. The quantitative estimate of drug-likeness (QED) is 0.450. The maximum atomic E-state index is 14.5. The minimum absolute atomic E-state index is 0.0193. The van der Waals surface area contributed by atoms with E-state index in [4.69, 9.17) is 11.6 Å².